The number of nitrogens with zero attached hydrogens (tertiary/aromatic N) is 1. The first-order chi connectivity index (χ1) is 7.70. The number of likely N-dealkylation sites (tertiary alicyclic amines) is 1. The van der Waals surface area contributed by atoms with Gasteiger partial charge in [0, 0.05) is 25.7 Å². The maximum absolute atomic E-state index is 3.63. The summed E-state index contributed by atoms with van der Waals surface area (Å²) in [6.07, 6.45) is 4.48. The minimum atomic E-state index is 0.684. The topological polar surface area (TPSA) is 15.3 Å². The second kappa shape index (κ2) is 5.50. The van der Waals surface area contributed by atoms with Crippen LogP contribution in [-0.2, 0) is 0 Å². The van der Waals surface area contributed by atoms with Crippen LogP contribution in [0.3, 0.4) is 0 Å². The van der Waals surface area contributed by atoms with Crippen LogP contribution in [0.15, 0.2) is 0 Å². The van der Waals surface area contributed by atoms with E-state index in [0.717, 1.165) is 24.3 Å². The van der Waals surface area contributed by atoms with Gasteiger partial charge in [0.2, 0.25) is 0 Å². The third-order valence-electron chi connectivity index (χ3n) is 4.53. The molecule has 1 aliphatic heterocycles. The van der Waals surface area contributed by atoms with E-state index in [1.165, 1.54) is 38.9 Å². The lowest BCUT2D eigenvalue weighted by Gasteiger charge is -2.27. The molecule has 0 aromatic rings. The Morgan fingerprint density at radius 3 is 2.31 bits per heavy atom. The van der Waals surface area contributed by atoms with Crippen LogP contribution in [0.5, 0.6) is 0 Å². The Hall–Kier alpha value is -0.0800. The zero-order valence-corrected chi connectivity index (χ0v) is 11.2. The van der Waals surface area contributed by atoms with Crippen molar-refractivity contribution in [2.24, 2.45) is 17.8 Å². The van der Waals surface area contributed by atoms with Crippen LogP contribution in [0.4, 0.5) is 0 Å². The van der Waals surface area contributed by atoms with E-state index in [9.17, 15) is 0 Å². The maximum Gasteiger partial charge on any atom is 0.0217 e. The average Bonchev–Trinajstić information content (AvgIpc) is 2.76. The fraction of sp³-hybridized carbons (Fsp3) is 1.00. The molecule has 1 N–H and O–H groups in total. The summed E-state index contributed by atoms with van der Waals surface area (Å²) in [5.74, 6) is 2.82. The highest BCUT2D eigenvalue weighted by molar-refractivity contribution is 4.90. The molecule has 16 heavy (non-hydrogen) atoms. The second-order valence-electron chi connectivity index (χ2n) is 6.08. The van der Waals surface area contributed by atoms with Gasteiger partial charge in [0.25, 0.3) is 0 Å². The fourth-order valence-corrected chi connectivity index (χ4v) is 3.53. The van der Waals surface area contributed by atoms with Crippen molar-refractivity contribution in [1.82, 2.24) is 10.2 Å². The smallest absolute Gasteiger partial charge is 0.0217 e. The number of hydrogen-bond donors (Lipinski definition) is 1. The molecule has 0 amide bonds. The van der Waals surface area contributed by atoms with Crippen LogP contribution in [0.1, 0.15) is 40.0 Å². The minimum absolute atomic E-state index is 0.684. The fourth-order valence-electron chi connectivity index (χ4n) is 3.53. The van der Waals surface area contributed by atoms with Gasteiger partial charge in [-0.25, -0.2) is 0 Å². The van der Waals surface area contributed by atoms with Gasteiger partial charge in [0.15, 0.2) is 0 Å². The summed E-state index contributed by atoms with van der Waals surface area (Å²) in [6, 6.07) is 0.684. The molecule has 0 radical (unpaired) electrons. The Balaban J connectivity index is 1.80. The van der Waals surface area contributed by atoms with E-state index in [-0.39, 0.29) is 0 Å². The molecule has 3 atom stereocenters. The Morgan fingerprint density at radius 1 is 1.19 bits per heavy atom. The maximum atomic E-state index is 3.63. The number of hydrogen-bond acceptors (Lipinski definition) is 2. The van der Waals surface area contributed by atoms with Crippen molar-refractivity contribution < 1.29 is 0 Å². The molecule has 2 aliphatic rings. The van der Waals surface area contributed by atoms with Gasteiger partial charge in [0.05, 0.1) is 0 Å². The molecule has 0 spiro atoms. The molecule has 1 aliphatic carbocycles. The summed E-state index contributed by atoms with van der Waals surface area (Å²) in [5.41, 5.74) is 0. The molecular weight excluding hydrogens is 196 g/mol. The van der Waals surface area contributed by atoms with Crippen LogP contribution < -0.4 is 5.32 Å². The van der Waals surface area contributed by atoms with E-state index in [2.05, 4.69) is 31.0 Å². The Labute approximate surface area is 101 Å². The van der Waals surface area contributed by atoms with Crippen molar-refractivity contribution in [2.75, 3.05) is 26.2 Å². The van der Waals surface area contributed by atoms with Gasteiger partial charge in [-0.05, 0) is 37.1 Å². The molecule has 1 heterocycles. The summed E-state index contributed by atoms with van der Waals surface area (Å²) < 4.78 is 0. The normalized spacial score (nSPS) is 32.2. The first-order valence-electron chi connectivity index (χ1n) is 7.16. The summed E-state index contributed by atoms with van der Waals surface area (Å²) >= 11 is 0. The van der Waals surface area contributed by atoms with Gasteiger partial charge in [-0.1, -0.05) is 27.2 Å². The van der Waals surface area contributed by atoms with E-state index in [1.54, 1.807) is 0 Å². The van der Waals surface area contributed by atoms with Crippen molar-refractivity contribution in [3.05, 3.63) is 0 Å². The van der Waals surface area contributed by atoms with E-state index < -0.39 is 0 Å². The molecule has 2 nitrogen and oxygen atoms in total. The van der Waals surface area contributed by atoms with Gasteiger partial charge in [-0.3, -0.25) is 0 Å². The molecule has 0 bridgehead atoms. The third-order valence-corrected chi connectivity index (χ3v) is 4.53. The number of nitrogens with one attached hydrogen (secondary N) is 1. The number of fused-ring (bicyclic) bond motifs is 1. The summed E-state index contributed by atoms with van der Waals surface area (Å²) in [5, 5.41) is 3.63. The van der Waals surface area contributed by atoms with Gasteiger partial charge >= 0.3 is 0 Å². The van der Waals surface area contributed by atoms with E-state index in [4.69, 9.17) is 0 Å². The van der Waals surface area contributed by atoms with E-state index >= 15 is 0 Å². The number of likely N-dealkylation sites (N-methyl/N-ethyl adjacent to an activating group) is 1. The molecule has 0 aromatic carbocycles. The second-order valence-corrected chi connectivity index (χ2v) is 6.08. The predicted molar refractivity (Wildman–Crippen MR) is 69.6 cm³/mol. The van der Waals surface area contributed by atoms with Crippen LogP contribution in [-0.4, -0.2) is 37.1 Å². The minimum Gasteiger partial charge on any atom is -0.313 e. The summed E-state index contributed by atoms with van der Waals surface area (Å²) in [7, 11) is 0. The van der Waals surface area contributed by atoms with Gasteiger partial charge in [-0.15, -0.1) is 0 Å². The van der Waals surface area contributed by atoms with Crippen LogP contribution in [0, 0.1) is 17.8 Å². The van der Waals surface area contributed by atoms with Crippen molar-refractivity contribution in [2.45, 2.75) is 46.1 Å². The largest absolute Gasteiger partial charge is 0.313 e. The zero-order chi connectivity index (χ0) is 11.5. The monoisotopic (exact) mass is 224 g/mol. The lowest BCUT2D eigenvalue weighted by atomic mass is 10.0. The number of rotatable bonds is 5. The van der Waals surface area contributed by atoms with Crippen LogP contribution in [0.2, 0.25) is 0 Å². The molecular formula is C14H28N2. The average molecular weight is 224 g/mol. The molecule has 94 valence electrons. The molecule has 0 aromatic heterocycles. The lowest BCUT2D eigenvalue weighted by Crippen LogP contribution is -2.43. The lowest BCUT2D eigenvalue weighted by molar-refractivity contribution is 0.243. The van der Waals surface area contributed by atoms with Crippen molar-refractivity contribution in [3.63, 3.8) is 0 Å². The Kier molecular flexibility index (Phi) is 4.26. The molecule has 2 rings (SSSR count). The van der Waals surface area contributed by atoms with Gasteiger partial charge in [-0.2, -0.15) is 0 Å². The zero-order valence-electron chi connectivity index (χ0n) is 11.2. The highest BCUT2D eigenvalue weighted by Gasteiger charge is 2.36. The third kappa shape index (κ3) is 2.78. The van der Waals surface area contributed by atoms with Crippen molar-refractivity contribution in [1.29, 1.82) is 0 Å². The van der Waals surface area contributed by atoms with E-state index in [0.29, 0.717) is 6.04 Å². The van der Waals surface area contributed by atoms with E-state index in [1.807, 2.05) is 0 Å². The summed E-state index contributed by atoms with van der Waals surface area (Å²) in [6.45, 7) is 12.0. The Morgan fingerprint density at radius 2 is 1.81 bits per heavy atom. The van der Waals surface area contributed by atoms with Crippen LogP contribution in [0.25, 0.3) is 0 Å². The Bertz CT molecular complexity index is 203. The van der Waals surface area contributed by atoms with Gasteiger partial charge < -0.3 is 10.2 Å². The first kappa shape index (κ1) is 12.4. The molecule has 2 heteroatoms. The first-order valence-corrected chi connectivity index (χ1v) is 7.16. The highest BCUT2D eigenvalue weighted by atomic mass is 15.2. The van der Waals surface area contributed by atoms with Gasteiger partial charge in [0.1, 0.15) is 0 Å². The van der Waals surface area contributed by atoms with Crippen molar-refractivity contribution in [3.8, 4) is 0 Å². The predicted octanol–water partition coefficient (Wildman–Crippen LogP) is 2.35. The summed E-state index contributed by atoms with van der Waals surface area (Å²) in [4.78, 5) is 2.71. The SMILES string of the molecule is CCNC(CN1CC2CCCC2C1)C(C)C. The molecule has 3 unspecified atom stereocenters. The molecule has 2 fully saturated rings. The quantitative estimate of drug-likeness (QED) is 0.771. The van der Waals surface area contributed by atoms with Crippen LogP contribution >= 0.6 is 0 Å². The van der Waals surface area contributed by atoms with Crippen molar-refractivity contribution >= 4 is 0 Å². The molecule has 1 saturated heterocycles. The molecule has 1 saturated carbocycles. The standard InChI is InChI=1S/C14H28N2/c1-4-15-14(11(2)3)10-16-8-12-6-5-7-13(12)9-16/h11-15H,4-10H2,1-3H3. The highest BCUT2D eigenvalue weighted by Crippen LogP contribution is 2.37.